The summed E-state index contributed by atoms with van der Waals surface area (Å²) in [7, 11) is -3.28. The van der Waals surface area contributed by atoms with Gasteiger partial charge in [0.1, 0.15) is 4.36 Å². The SMILES string of the molecule is CCCCS(=O)(=O)C(Cl)=CCl. The van der Waals surface area contributed by atoms with Crippen molar-refractivity contribution < 1.29 is 8.42 Å². The maximum absolute atomic E-state index is 11.0. The van der Waals surface area contributed by atoms with Crippen LogP contribution in [-0.2, 0) is 9.84 Å². The van der Waals surface area contributed by atoms with Crippen LogP contribution in [0.2, 0.25) is 0 Å². The summed E-state index contributed by atoms with van der Waals surface area (Å²) < 4.78 is 21.8. The zero-order chi connectivity index (χ0) is 8.91. The Labute approximate surface area is 77.1 Å². The standard InChI is InChI=1S/C6H10Cl2O2S/c1-2-3-4-11(9,10)6(8)5-7/h5H,2-4H2,1H3. The van der Waals surface area contributed by atoms with Crippen LogP contribution in [0.15, 0.2) is 9.90 Å². The maximum atomic E-state index is 11.0. The van der Waals surface area contributed by atoms with E-state index < -0.39 is 9.84 Å². The molecule has 0 aliphatic carbocycles. The molecule has 0 aromatic rings. The van der Waals surface area contributed by atoms with E-state index in [1.54, 1.807) is 0 Å². The average molecular weight is 217 g/mol. The summed E-state index contributed by atoms with van der Waals surface area (Å²) in [5.41, 5.74) is 0.881. The zero-order valence-electron chi connectivity index (χ0n) is 6.18. The van der Waals surface area contributed by atoms with Crippen molar-refractivity contribution in [2.45, 2.75) is 19.8 Å². The highest BCUT2D eigenvalue weighted by atomic mass is 35.5. The Morgan fingerprint density at radius 1 is 1.55 bits per heavy atom. The van der Waals surface area contributed by atoms with Gasteiger partial charge in [-0.25, -0.2) is 8.42 Å². The first kappa shape index (κ1) is 11.3. The molecule has 0 rings (SSSR count). The molecule has 0 heterocycles. The van der Waals surface area contributed by atoms with E-state index in [4.69, 9.17) is 23.2 Å². The molecule has 0 bridgehead atoms. The first-order valence-corrected chi connectivity index (χ1v) is 5.70. The molecular weight excluding hydrogens is 207 g/mol. The minimum atomic E-state index is -3.28. The van der Waals surface area contributed by atoms with Crippen molar-refractivity contribution in [1.82, 2.24) is 0 Å². The van der Waals surface area contributed by atoms with Crippen LogP contribution in [0.5, 0.6) is 0 Å². The highest BCUT2D eigenvalue weighted by Gasteiger charge is 2.13. The van der Waals surface area contributed by atoms with Gasteiger partial charge in [-0.1, -0.05) is 36.5 Å². The number of hydrogen-bond donors (Lipinski definition) is 0. The van der Waals surface area contributed by atoms with Gasteiger partial charge in [0.2, 0.25) is 0 Å². The number of unbranched alkanes of at least 4 members (excludes halogenated alkanes) is 1. The molecule has 0 unspecified atom stereocenters. The third kappa shape index (κ3) is 3.99. The third-order valence-electron chi connectivity index (χ3n) is 1.15. The van der Waals surface area contributed by atoms with Crippen LogP contribution in [0.3, 0.4) is 0 Å². The van der Waals surface area contributed by atoms with Gasteiger partial charge in [0.15, 0.2) is 9.84 Å². The lowest BCUT2D eigenvalue weighted by molar-refractivity contribution is 0.600. The summed E-state index contributed by atoms with van der Waals surface area (Å²) in [5.74, 6) is 0.0750. The smallest absolute Gasteiger partial charge is 0.189 e. The van der Waals surface area contributed by atoms with Gasteiger partial charge < -0.3 is 0 Å². The lowest BCUT2D eigenvalue weighted by Gasteiger charge is -1.98. The first-order chi connectivity index (χ1) is 5.04. The molecule has 0 aromatic carbocycles. The molecule has 0 aromatic heterocycles. The van der Waals surface area contributed by atoms with Crippen molar-refractivity contribution in [1.29, 1.82) is 0 Å². The minimum Gasteiger partial charge on any atom is -0.223 e. The quantitative estimate of drug-likeness (QED) is 0.724. The Kier molecular flexibility index (Phi) is 5.13. The Bertz CT molecular complexity index is 231. The molecule has 0 aliphatic heterocycles. The summed E-state index contributed by atoms with van der Waals surface area (Å²) in [6.45, 7) is 1.91. The molecule has 0 atom stereocenters. The molecule has 66 valence electrons. The van der Waals surface area contributed by atoms with E-state index in [1.165, 1.54) is 0 Å². The Hall–Kier alpha value is 0.270. The zero-order valence-corrected chi connectivity index (χ0v) is 8.51. The van der Waals surface area contributed by atoms with Crippen molar-refractivity contribution in [3.63, 3.8) is 0 Å². The summed E-state index contributed by atoms with van der Waals surface area (Å²) in [6, 6.07) is 0. The van der Waals surface area contributed by atoms with E-state index in [-0.39, 0.29) is 10.1 Å². The monoisotopic (exact) mass is 216 g/mol. The fourth-order valence-corrected chi connectivity index (χ4v) is 2.14. The van der Waals surface area contributed by atoms with E-state index in [2.05, 4.69) is 0 Å². The summed E-state index contributed by atoms with van der Waals surface area (Å²) in [4.78, 5) is 0. The van der Waals surface area contributed by atoms with Crippen LogP contribution in [0.4, 0.5) is 0 Å². The molecule has 2 nitrogen and oxygen atoms in total. The van der Waals surface area contributed by atoms with Crippen LogP contribution in [0.1, 0.15) is 19.8 Å². The lowest BCUT2D eigenvalue weighted by Crippen LogP contribution is -2.04. The van der Waals surface area contributed by atoms with Gasteiger partial charge in [0.05, 0.1) is 5.75 Å². The molecule has 0 radical (unpaired) electrons. The molecule has 0 fully saturated rings. The predicted octanol–water partition coefficient (Wildman–Crippen LogP) is 2.48. The molecule has 11 heavy (non-hydrogen) atoms. The van der Waals surface area contributed by atoms with Crippen LogP contribution in [-0.4, -0.2) is 14.2 Å². The second-order valence-electron chi connectivity index (χ2n) is 2.09. The average Bonchev–Trinajstić information content (AvgIpc) is 1.99. The number of hydrogen-bond acceptors (Lipinski definition) is 2. The highest BCUT2D eigenvalue weighted by Crippen LogP contribution is 2.14. The second-order valence-corrected chi connectivity index (χ2v) is 5.01. The maximum Gasteiger partial charge on any atom is 0.189 e. The van der Waals surface area contributed by atoms with Crippen molar-refractivity contribution in [3.8, 4) is 0 Å². The fraction of sp³-hybridized carbons (Fsp3) is 0.667. The van der Waals surface area contributed by atoms with Crippen molar-refractivity contribution in [2.75, 3.05) is 5.75 Å². The molecule has 0 N–H and O–H groups in total. The van der Waals surface area contributed by atoms with Crippen molar-refractivity contribution in [3.05, 3.63) is 9.90 Å². The molecule has 0 saturated heterocycles. The van der Waals surface area contributed by atoms with Gasteiger partial charge in [-0.05, 0) is 6.42 Å². The normalized spacial score (nSPS) is 13.5. The van der Waals surface area contributed by atoms with Gasteiger partial charge in [0.25, 0.3) is 0 Å². The Morgan fingerprint density at radius 3 is 2.45 bits per heavy atom. The van der Waals surface area contributed by atoms with Gasteiger partial charge >= 0.3 is 0 Å². The van der Waals surface area contributed by atoms with Gasteiger partial charge in [-0.2, -0.15) is 0 Å². The second kappa shape index (κ2) is 5.01. The number of rotatable bonds is 4. The highest BCUT2D eigenvalue weighted by molar-refractivity contribution is 7.96. The number of sulfone groups is 1. The van der Waals surface area contributed by atoms with Crippen molar-refractivity contribution in [2.24, 2.45) is 0 Å². The van der Waals surface area contributed by atoms with Gasteiger partial charge in [-0.15, -0.1) is 0 Å². The van der Waals surface area contributed by atoms with Crippen LogP contribution in [0, 0.1) is 0 Å². The predicted molar refractivity (Wildman–Crippen MR) is 48.5 cm³/mol. The molecule has 5 heteroatoms. The van der Waals surface area contributed by atoms with E-state index in [0.717, 1.165) is 12.0 Å². The number of halogens is 2. The molecule has 0 saturated carbocycles. The topological polar surface area (TPSA) is 34.1 Å². The van der Waals surface area contributed by atoms with Crippen LogP contribution < -0.4 is 0 Å². The summed E-state index contributed by atoms with van der Waals surface area (Å²) >= 11 is 10.5. The molecule has 0 amide bonds. The summed E-state index contributed by atoms with van der Waals surface area (Å²) in [6.07, 6.45) is 1.44. The molecular formula is C6H10Cl2O2S. The van der Waals surface area contributed by atoms with Crippen molar-refractivity contribution >= 4 is 33.0 Å². The summed E-state index contributed by atoms with van der Waals surface area (Å²) in [5, 5.41) is 0. The van der Waals surface area contributed by atoms with E-state index in [0.29, 0.717) is 6.42 Å². The molecule has 0 spiro atoms. The first-order valence-electron chi connectivity index (χ1n) is 3.23. The van der Waals surface area contributed by atoms with Gasteiger partial charge in [-0.3, -0.25) is 0 Å². The minimum absolute atomic E-state index is 0.0750. The van der Waals surface area contributed by atoms with Crippen LogP contribution in [0.25, 0.3) is 0 Å². The lowest BCUT2D eigenvalue weighted by atomic mass is 10.4. The third-order valence-corrected chi connectivity index (χ3v) is 3.96. The fourth-order valence-electron chi connectivity index (χ4n) is 0.500. The van der Waals surface area contributed by atoms with E-state index in [1.807, 2.05) is 6.92 Å². The molecule has 0 aliphatic rings. The van der Waals surface area contributed by atoms with Gasteiger partial charge in [0, 0.05) is 5.54 Å². The van der Waals surface area contributed by atoms with E-state index in [9.17, 15) is 8.42 Å². The Balaban J connectivity index is 4.25. The van der Waals surface area contributed by atoms with E-state index >= 15 is 0 Å². The van der Waals surface area contributed by atoms with Crippen LogP contribution >= 0.6 is 23.2 Å². The largest absolute Gasteiger partial charge is 0.223 e. The Morgan fingerprint density at radius 2 is 2.09 bits per heavy atom.